The number of para-hydroxylation sites is 1. The molecule has 0 fully saturated rings. The Kier molecular flexibility index (Phi) is 3.02. The van der Waals surface area contributed by atoms with Crippen molar-refractivity contribution in [1.82, 2.24) is 4.98 Å². The minimum Gasteiger partial charge on any atom is -0.306 e. The molecule has 0 atom stereocenters. The van der Waals surface area contributed by atoms with Crippen molar-refractivity contribution in [2.45, 2.75) is 6.42 Å². The molecule has 0 N–H and O–H groups in total. The van der Waals surface area contributed by atoms with Crippen LogP contribution in [0.1, 0.15) is 27.3 Å². The number of rotatable bonds is 1. The summed E-state index contributed by atoms with van der Waals surface area (Å²) >= 11 is 0. The number of nitrogens with zero attached hydrogens (tertiary/aromatic N) is 2. The first-order valence-corrected chi connectivity index (χ1v) is 6.22. The molecular weight excluding hydrogens is 259 g/mol. The van der Waals surface area contributed by atoms with E-state index < -0.39 is 5.82 Å². The molecule has 0 unspecified atom stereocenters. The molecule has 2 aromatic rings. The summed E-state index contributed by atoms with van der Waals surface area (Å²) in [6.07, 6.45) is 1.29. The van der Waals surface area contributed by atoms with Gasteiger partial charge in [0.25, 0.3) is 5.91 Å². The van der Waals surface area contributed by atoms with E-state index in [-0.39, 0.29) is 23.8 Å². The number of halogens is 1. The first kappa shape index (κ1) is 12.5. The van der Waals surface area contributed by atoms with E-state index in [1.54, 1.807) is 24.3 Å². The zero-order chi connectivity index (χ0) is 14.1. The van der Waals surface area contributed by atoms with Gasteiger partial charge in [-0.25, -0.2) is 9.37 Å². The van der Waals surface area contributed by atoms with Crippen LogP contribution in [0.5, 0.6) is 0 Å². The van der Waals surface area contributed by atoms with Crippen LogP contribution in [0.3, 0.4) is 0 Å². The van der Waals surface area contributed by atoms with Gasteiger partial charge in [-0.1, -0.05) is 12.1 Å². The smallest absolute Gasteiger partial charge is 0.276 e. The Labute approximate surface area is 114 Å². The number of Topliss-reactive ketones (excluding diaryl/α,β-unsaturated/α-hetero) is 1. The maximum Gasteiger partial charge on any atom is 0.276 e. The van der Waals surface area contributed by atoms with Crippen molar-refractivity contribution in [2.24, 2.45) is 0 Å². The Hall–Kier alpha value is -2.56. The lowest BCUT2D eigenvalue weighted by molar-refractivity contribution is 0.0952. The molecular formula is C15H11FN2O2. The average Bonchev–Trinajstić information content (AvgIpc) is 2.48. The minimum atomic E-state index is -0.490. The van der Waals surface area contributed by atoms with Gasteiger partial charge in [-0.3, -0.25) is 9.59 Å². The summed E-state index contributed by atoms with van der Waals surface area (Å²) in [6, 6.07) is 9.51. The van der Waals surface area contributed by atoms with Crippen molar-refractivity contribution >= 4 is 17.4 Å². The number of hydrogen-bond acceptors (Lipinski definition) is 3. The number of pyridine rings is 1. The lowest BCUT2D eigenvalue weighted by atomic mass is 10.00. The second kappa shape index (κ2) is 4.85. The number of carbonyl (C=O) groups excluding carboxylic acids is 2. The molecule has 0 aliphatic carbocycles. The number of aromatic nitrogens is 1. The van der Waals surface area contributed by atoms with E-state index in [0.717, 1.165) is 6.20 Å². The van der Waals surface area contributed by atoms with Crippen LogP contribution in [-0.2, 0) is 0 Å². The molecule has 1 aliphatic heterocycles. The van der Waals surface area contributed by atoms with Crippen LogP contribution in [0.15, 0.2) is 42.6 Å². The Morgan fingerprint density at radius 3 is 2.75 bits per heavy atom. The third-order valence-electron chi connectivity index (χ3n) is 3.25. The van der Waals surface area contributed by atoms with Gasteiger partial charge < -0.3 is 4.90 Å². The summed E-state index contributed by atoms with van der Waals surface area (Å²) in [4.78, 5) is 29.5. The molecule has 0 spiro atoms. The van der Waals surface area contributed by atoms with Crippen LogP contribution >= 0.6 is 0 Å². The zero-order valence-electron chi connectivity index (χ0n) is 10.5. The monoisotopic (exact) mass is 270 g/mol. The van der Waals surface area contributed by atoms with Crippen molar-refractivity contribution in [3.05, 3.63) is 59.7 Å². The second-order valence-electron chi connectivity index (χ2n) is 4.51. The Balaban J connectivity index is 1.99. The second-order valence-corrected chi connectivity index (χ2v) is 4.51. The van der Waals surface area contributed by atoms with E-state index in [1.807, 2.05) is 0 Å². The van der Waals surface area contributed by atoms with E-state index >= 15 is 0 Å². The summed E-state index contributed by atoms with van der Waals surface area (Å²) in [5, 5.41) is 0. The van der Waals surface area contributed by atoms with Gasteiger partial charge in [-0.05, 0) is 24.3 Å². The van der Waals surface area contributed by atoms with Gasteiger partial charge in [0.15, 0.2) is 5.78 Å². The molecule has 0 saturated carbocycles. The molecule has 1 aromatic carbocycles. The molecule has 4 nitrogen and oxygen atoms in total. The van der Waals surface area contributed by atoms with E-state index in [9.17, 15) is 14.0 Å². The van der Waals surface area contributed by atoms with Gasteiger partial charge >= 0.3 is 0 Å². The topological polar surface area (TPSA) is 50.3 Å². The van der Waals surface area contributed by atoms with E-state index in [1.165, 1.54) is 17.0 Å². The molecule has 1 amide bonds. The minimum absolute atomic E-state index is 0.0247. The highest BCUT2D eigenvalue weighted by atomic mass is 19.1. The van der Waals surface area contributed by atoms with Crippen molar-refractivity contribution in [2.75, 3.05) is 11.4 Å². The summed E-state index contributed by atoms with van der Waals surface area (Å²) in [5.41, 5.74) is 1.28. The first-order valence-electron chi connectivity index (χ1n) is 6.22. The number of fused-ring (bicyclic) bond motifs is 1. The van der Waals surface area contributed by atoms with Crippen LogP contribution in [0, 0.1) is 5.82 Å². The number of ketones is 1. The van der Waals surface area contributed by atoms with Gasteiger partial charge in [0, 0.05) is 18.5 Å². The lowest BCUT2D eigenvalue weighted by Gasteiger charge is -2.28. The Morgan fingerprint density at radius 2 is 2.00 bits per heavy atom. The highest BCUT2D eigenvalue weighted by Gasteiger charge is 2.28. The maximum atomic E-state index is 12.9. The summed E-state index contributed by atoms with van der Waals surface area (Å²) < 4.78 is 12.9. The predicted molar refractivity (Wildman–Crippen MR) is 71.3 cm³/mol. The van der Waals surface area contributed by atoms with E-state index in [4.69, 9.17) is 0 Å². The van der Waals surface area contributed by atoms with Crippen LogP contribution in [0.4, 0.5) is 10.1 Å². The predicted octanol–water partition coefficient (Wildman–Crippen LogP) is 2.45. The number of amides is 1. The largest absolute Gasteiger partial charge is 0.306 e. The Morgan fingerprint density at radius 1 is 1.20 bits per heavy atom. The molecule has 3 rings (SSSR count). The summed E-state index contributed by atoms with van der Waals surface area (Å²) in [5.74, 6) is -0.794. The van der Waals surface area contributed by atoms with Gasteiger partial charge in [0.1, 0.15) is 11.5 Å². The van der Waals surface area contributed by atoms with Crippen molar-refractivity contribution in [3.8, 4) is 0 Å². The van der Waals surface area contributed by atoms with Crippen LogP contribution < -0.4 is 4.90 Å². The van der Waals surface area contributed by atoms with Gasteiger partial charge in [-0.2, -0.15) is 0 Å². The highest BCUT2D eigenvalue weighted by Crippen LogP contribution is 2.27. The molecule has 100 valence electrons. The molecule has 20 heavy (non-hydrogen) atoms. The van der Waals surface area contributed by atoms with Gasteiger partial charge in [0.2, 0.25) is 0 Å². The van der Waals surface area contributed by atoms with Crippen molar-refractivity contribution in [1.29, 1.82) is 0 Å². The third-order valence-corrected chi connectivity index (χ3v) is 3.25. The summed E-state index contributed by atoms with van der Waals surface area (Å²) in [6.45, 7) is 0.313. The van der Waals surface area contributed by atoms with Crippen molar-refractivity contribution in [3.63, 3.8) is 0 Å². The standard InChI is InChI=1S/C15H11FN2O2/c16-10-5-6-12(17-9-10)15(20)18-8-7-14(19)11-3-1-2-4-13(11)18/h1-6,9H,7-8H2. The first-order chi connectivity index (χ1) is 9.66. The third kappa shape index (κ3) is 2.07. The maximum absolute atomic E-state index is 12.9. The fraction of sp³-hybridized carbons (Fsp3) is 0.133. The number of hydrogen-bond donors (Lipinski definition) is 0. The molecule has 1 aliphatic rings. The number of benzene rings is 1. The molecule has 5 heteroatoms. The number of carbonyl (C=O) groups is 2. The quantitative estimate of drug-likeness (QED) is 0.799. The summed E-state index contributed by atoms with van der Waals surface area (Å²) in [7, 11) is 0. The van der Waals surface area contributed by atoms with Gasteiger partial charge in [-0.15, -0.1) is 0 Å². The molecule has 0 bridgehead atoms. The molecule has 0 saturated heterocycles. The van der Waals surface area contributed by atoms with Gasteiger partial charge in [0.05, 0.1) is 11.9 Å². The van der Waals surface area contributed by atoms with Crippen LogP contribution in [-0.4, -0.2) is 23.2 Å². The fourth-order valence-electron chi connectivity index (χ4n) is 2.26. The Bertz CT molecular complexity index is 683. The molecule has 0 radical (unpaired) electrons. The van der Waals surface area contributed by atoms with Crippen molar-refractivity contribution < 1.29 is 14.0 Å². The number of anilines is 1. The average molecular weight is 270 g/mol. The lowest BCUT2D eigenvalue weighted by Crippen LogP contribution is -2.37. The molecule has 1 aromatic heterocycles. The normalized spacial score (nSPS) is 14.1. The molecule has 2 heterocycles. The SMILES string of the molecule is O=C1CCN(C(=O)c2ccc(F)cn2)c2ccccc21. The van der Waals surface area contributed by atoms with Crippen LogP contribution in [0.25, 0.3) is 0 Å². The van der Waals surface area contributed by atoms with Crippen LogP contribution in [0.2, 0.25) is 0 Å². The van der Waals surface area contributed by atoms with E-state index in [0.29, 0.717) is 17.8 Å². The highest BCUT2D eigenvalue weighted by molar-refractivity contribution is 6.12. The van der Waals surface area contributed by atoms with E-state index in [2.05, 4.69) is 4.98 Å². The fourth-order valence-corrected chi connectivity index (χ4v) is 2.26. The zero-order valence-corrected chi connectivity index (χ0v) is 10.5.